The molecule has 0 unspecified atom stereocenters. The minimum Gasteiger partial charge on any atom is -0.360 e. The van der Waals surface area contributed by atoms with Crippen LogP contribution in [0.1, 0.15) is 36.5 Å². The minimum absolute atomic E-state index is 0.0370. The van der Waals surface area contributed by atoms with Crippen molar-refractivity contribution in [3.63, 3.8) is 0 Å². The first-order valence-electron chi connectivity index (χ1n) is 10.7. The van der Waals surface area contributed by atoms with E-state index in [2.05, 4.69) is 61.0 Å². The molecule has 0 saturated carbocycles. The van der Waals surface area contributed by atoms with Gasteiger partial charge < -0.3 is 14.8 Å². The molecule has 6 heteroatoms. The molecule has 1 atom stereocenters. The Balaban J connectivity index is 1.47. The number of aromatic amines is 1. The quantitative estimate of drug-likeness (QED) is 0.656. The van der Waals surface area contributed by atoms with Gasteiger partial charge in [-0.3, -0.25) is 4.79 Å². The number of aromatic nitrogens is 2. The standard InChI is InChI=1S/C23H30N4OS/c1-4-16(2)14-19-17(3)29-23-21(19)22(28)24-20(25-23)15-26-10-12-27(13-11-26)18-8-6-5-7-9-18/h5-9,16H,4,10-15H2,1-3H3,(H,24,25,28)/p+1/t16-/m1/s1. The van der Waals surface area contributed by atoms with Gasteiger partial charge in [-0.15, -0.1) is 11.3 Å². The highest BCUT2D eigenvalue weighted by atomic mass is 32.1. The molecule has 0 radical (unpaired) electrons. The van der Waals surface area contributed by atoms with Crippen LogP contribution in [0.3, 0.4) is 0 Å². The summed E-state index contributed by atoms with van der Waals surface area (Å²) in [5.74, 6) is 1.40. The molecule has 0 aliphatic carbocycles. The van der Waals surface area contributed by atoms with E-state index in [0.717, 1.165) is 61.6 Å². The molecule has 2 N–H and O–H groups in total. The molecule has 3 heterocycles. The van der Waals surface area contributed by atoms with Crippen molar-refractivity contribution in [1.82, 2.24) is 9.97 Å². The lowest BCUT2D eigenvalue weighted by Gasteiger charge is -2.33. The maximum Gasteiger partial charge on any atom is 0.260 e. The van der Waals surface area contributed by atoms with Crippen LogP contribution in [0.15, 0.2) is 35.1 Å². The second kappa shape index (κ2) is 8.67. The molecule has 5 nitrogen and oxygen atoms in total. The van der Waals surface area contributed by atoms with Gasteiger partial charge in [-0.1, -0.05) is 38.5 Å². The molecule has 1 aromatic carbocycles. The predicted octanol–water partition coefficient (Wildman–Crippen LogP) is 2.79. The first-order chi connectivity index (χ1) is 14.0. The van der Waals surface area contributed by atoms with Crippen molar-refractivity contribution in [3.8, 4) is 0 Å². The smallest absolute Gasteiger partial charge is 0.260 e. The van der Waals surface area contributed by atoms with Crippen LogP contribution in [0.4, 0.5) is 5.69 Å². The van der Waals surface area contributed by atoms with E-state index in [4.69, 9.17) is 4.98 Å². The highest BCUT2D eigenvalue weighted by Gasteiger charge is 2.22. The van der Waals surface area contributed by atoms with Gasteiger partial charge >= 0.3 is 0 Å². The molecule has 3 aromatic rings. The van der Waals surface area contributed by atoms with Crippen LogP contribution in [0.5, 0.6) is 0 Å². The Hall–Kier alpha value is -2.18. The van der Waals surface area contributed by atoms with Crippen molar-refractivity contribution in [2.75, 3.05) is 31.1 Å². The number of quaternary nitrogens is 1. The number of para-hydroxylation sites is 1. The van der Waals surface area contributed by atoms with Gasteiger partial charge in [0.05, 0.1) is 31.6 Å². The van der Waals surface area contributed by atoms with Gasteiger partial charge in [0.25, 0.3) is 5.56 Å². The van der Waals surface area contributed by atoms with Crippen LogP contribution in [0, 0.1) is 12.8 Å². The molecule has 1 saturated heterocycles. The van der Waals surface area contributed by atoms with Gasteiger partial charge in [-0.05, 0) is 37.0 Å². The number of H-pyrrole nitrogens is 1. The Morgan fingerprint density at radius 3 is 2.66 bits per heavy atom. The van der Waals surface area contributed by atoms with Gasteiger partial charge in [0.2, 0.25) is 0 Å². The number of hydrogen-bond acceptors (Lipinski definition) is 4. The van der Waals surface area contributed by atoms with E-state index >= 15 is 0 Å². The third kappa shape index (κ3) is 4.38. The molecule has 29 heavy (non-hydrogen) atoms. The van der Waals surface area contributed by atoms with Gasteiger partial charge in [0.15, 0.2) is 5.82 Å². The fourth-order valence-corrected chi connectivity index (χ4v) is 5.25. The summed E-state index contributed by atoms with van der Waals surface area (Å²) in [4.78, 5) is 26.9. The normalized spacial score (nSPS) is 16.4. The Bertz CT molecular complexity index is 1020. The van der Waals surface area contributed by atoms with Crippen molar-refractivity contribution in [2.24, 2.45) is 5.92 Å². The van der Waals surface area contributed by atoms with Crippen molar-refractivity contribution in [3.05, 3.63) is 57.0 Å². The summed E-state index contributed by atoms with van der Waals surface area (Å²) < 4.78 is 0. The van der Waals surface area contributed by atoms with Crippen LogP contribution in [0.2, 0.25) is 0 Å². The van der Waals surface area contributed by atoms with E-state index in [0.29, 0.717) is 5.92 Å². The molecule has 0 spiro atoms. The number of fused-ring (bicyclic) bond motifs is 1. The molecule has 154 valence electrons. The number of anilines is 1. The van der Waals surface area contributed by atoms with E-state index in [1.807, 2.05) is 0 Å². The monoisotopic (exact) mass is 411 g/mol. The summed E-state index contributed by atoms with van der Waals surface area (Å²) in [5, 5.41) is 0.820. The highest BCUT2D eigenvalue weighted by molar-refractivity contribution is 7.18. The minimum atomic E-state index is 0.0370. The van der Waals surface area contributed by atoms with Crippen molar-refractivity contribution in [1.29, 1.82) is 0 Å². The van der Waals surface area contributed by atoms with Gasteiger partial charge in [-0.25, -0.2) is 4.98 Å². The molecule has 2 aromatic heterocycles. The Morgan fingerprint density at radius 2 is 1.97 bits per heavy atom. The second-order valence-electron chi connectivity index (χ2n) is 8.30. The summed E-state index contributed by atoms with van der Waals surface area (Å²) >= 11 is 1.67. The lowest BCUT2D eigenvalue weighted by Crippen LogP contribution is -3.13. The number of nitrogens with zero attached hydrogens (tertiary/aromatic N) is 2. The van der Waals surface area contributed by atoms with Crippen LogP contribution in [-0.2, 0) is 13.0 Å². The van der Waals surface area contributed by atoms with Crippen molar-refractivity contribution in [2.45, 2.75) is 40.2 Å². The first-order valence-corrected chi connectivity index (χ1v) is 11.5. The number of thiophene rings is 1. The van der Waals surface area contributed by atoms with Crippen LogP contribution in [0.25, 0.3) is 10.2 Å². The van der Waals surface area contributed by atoms with Crippen molar-refractivity contribution < 1.29 is 4.90 Å². The zero-order valence-corrected chi connectivity index (χ0v) is 18.4. The van der Waals surface area contributed by atoms with Gasteiger partial charge in [0.1, 0.15) is 11.4 Å². The Labute approximate surface area is 176 Å². The van der Waals surface area contributed by atoms with Gasteiger partial charge in [-0.2, -0.15) is 0 Å². The molecule has 0 amide bonds. The number of benzene rings is 1. The van der Waals surface area contributed by atoms with E-state index in [1.54, 1.807) is 11.3 Å². The van der Waals surface area contributed by atoms with E-state index < -0.39 is 0 Å². The summed E-state index contributed by atoms with van der Waals surface area (Å²) in [7, 11) is 0. The molecule has 1 aliphatic heterocycles. The zero-order valence-electron chi connectivity index (χ0n) is 17.6. The number of piperazine rings is 1. The molecular weight excluding hydrogens is 380 g/mol. The first kappa shape index (κ1) is 20.1. The maximum atomic E-state index is 12.9. The fraction of sp³-hybridized carbons (Fsp3) is 0.478. The van der Waals surface area contributed by atoms with Crippen LogP contribution < -0.4 is 15.4 Å². The molecular formula is C23H31N4OS+. The zero-order chi connectivity index (χ0) is 20.4. The number of rotatable bonds is 6. The summed E-state index contributed by atoms with van der Waals surface area (Å²) in [5.41, 5.74) is 2.53. The topological polar surface area (TPSA) is 53.4 Å². The SMILES string of the molecule is CC[C@@H](C)Cc1c(C)sc2nc(C[NH+]3CCN(c4ccccc4)CC3)[nH]c(=O)c12. The summed E-state index contributed by atoms with van der Waals surface area (Å²) in [6.45, 7) is 11.5. The van der Waals surface area contributed by atoms with Crippen LogP contribution >= 0.6 is 11.3 Å². The largest absolute Gasteiger partial charge is 0.360 e. The van der Waals surface area contributed by atoms with Crippen LogP contribution in [-0.4, -0.2) is 36.1 Å². The predicted molar refractivity (Wildman–Crippen MR) is 121 cm³/mol. The number of nitrogens with one attached hydrogen (secondary N) is 2. The van der Waals surface area contributed by atoms with E-state index in [-0.39, 0.29) is 5.56 Å². The average Bonchev–Trinajstić information content (AvgIpc) is 3.04. The number of hydrogen-bond donors (Lipinski definition) is 2. The maximum absolute atomic E-state index is 12.9. The lowest BCUT2D eigenvalue weighted by atomic mass is 9.98. The van der Waals surface area contributed by atoms with Gasteiger partial charge in [0, 0.05) is 10.6 Å². The Kier molecular flexibility index (Phi) is 6.01. The number of aryl methyl sites for hydroxylation is 1. The fourth-order valence-electron chi connectivity index (χ4n) is 4.18. The molecule has 1 fully saturated rings. The van der Waals surface area contributed by atoms with E-state index in [9.17, 15) is 4.79 Å². The average molecular weight is 412 g/mol. The highest BCUT2D eigenvalue weighted by Crippen LogP contribution is 2.29. The molecule has 0 bridgehead atoms. The third-order valence-corrected chi connectivity index (χ3v) is 7.21. The molecule has 4 rings (SSSR count). The summed E-state index contributed by atoms with van der Waals surface area (Å²) in [6, 6.07) is 10.6. The van der Waals surface area contributed by atoms with Crippen molar-refractivity contribution >= 4 is 27.2 Å². The lowest BCUT2D eigenvalue weighted by molar-refractivity contribution is -0.915. The second-order valence-corrected chi connectivity index (χ2v) is 9.50. The Morgan fingerprint density at radius 1 is 1.24 bits per heavy atom. The third-order valence-electron chi connectivity index (χ3n) is 6.17. The molecule has 1 aliphatic rings. The summed E-state index contributed by atoms with van der Waals surface area (Å²) in [6.07, 6.45) is 2.08. The van der Waals surface area contributed by atoms with E-state index in [1.165, 1.54) is 21.0 Å².